The predicted molar refractivity (Wildman–Crippen MR) is 117 cm³/mol. The van der Waals surface area contributed by atoms with Crippen LogP contribution in [0.5, 0.6) is 0 Å². The highest BCUT2D eigenvalue weighted by Gasteiger charge is 2.16. The minimum Gasteiger partial charge on any atom is -0.299 e. The molecular weight excluding hydrogens is 366 g/mol. The summed E-state index contributed by atoms with van der Waals surface area (Å²) in [5.74, 6) is 0.744. The largest absolute Gasteiger partial charge is 0.299 e. The van der Waals surface area contributed by atoms with E-state index in [1.807, 2.05) is 32.0 Å². The zero-order valence-corrected chi connectivity index (χ0v) is 17.6. The fourth-order valence-corrected chi connectivity index (χ4v) is 4.58. The van der Waals surface area contributed by atoms with Crippen LogP contribution in [0.1, 0.15) is 46.8 Å². The maximum absolute atomic E-state index is 12.6. The first-order valence-electron chi connectivity index (χ1n) is 9.98. The minimum atomic E-state index is -0.107. The Morgan fingerprint density at radius 1 is 1.14 bits per heavy atom. The van der Waals surface area contributed by atoms with Crippen LogP contribution in [0, 0.1) is 19.8 Å². The summed E-state index contributed by atoms with van der Waals surface area (Å²) in [5, 5.41) is 3.61. The second kappa shape index (κ2) is 8.02. The molecule has 1 amide bonds. The van der Waals surface area contributed by atoms with Crippen molar-refractivity contribution in [1.29, 1.82) is 0 Å². The summed E-state index contributed by atoms with van der Waals surface area (Å²) in [6, 6.07) is 12.2. The number of carbonyl (C=O) groups excluding carboxylic acids is 1. The third kappa shape index (κ3) is 4.26. The van der Waals surface area contributed by atoms with Gasteiger partial charge in [0.1, 0.15) is 0 Å². The van der Waals surface area contributed by atoms with E-state index in [2.05, 4.69) is 40.3 Å². The third-order valence-electron chi connectivity index (χ3n) is 5.72. The summed E-state index contributed by atoms with van der Waals surface area (Å²) >= 11 is 1.54. The lowest BCUT2D eigenvalue weighted by molar-refractivity contribution is 0.102. The van der Waals surface area contributed by atoms with E-state index < -0.39 is 0 Å². The molecule has 1 saturated heterocycles. The molecule has 1 aliphatic heterocycles. The second-order valence-electron chi connectivity index (χ2n) is 8.03. The molecule has 0 unspecified atom stereocenters. The summed E-state index contributed by atoms with van der Waals surface area (Å²) in [6.45, 7) is 9.76. The Morgan fingerprint density at radius 3 is 2.68 bits per heavy atom. The molecule has 146 valence electrons. The highest BCUT2D eigenvalue weighted by atomic mass is 32.1. The number of rotatable bonds is 4. The van der Waals surface area contributed by atoms with Crippen molar-refractivity contribution in [1.82, 2.24) is 9.88 Å². The van der Waals surface area contributed by atoms with E-state index in [-0.39, 0.29) is 5.91 Å². The monoisotopic (exact) mass is 393 g/mol. The van der Waals surface area contributed by atoms with Crippen molar-refractivity contribution in [2.75, 3.05) is 18.4 Å². The molecule has 0 radical (unpaired) electrons. The van der Waals surface area contributed by atoms with Crippen molar-refractivity contribution in [2.45, 2.75) is 40.2 Å². The van der Waals surface area contributed by atoms with Crippen LogP contribution in [0.2, 0.25) is 0 Å². The van der Waals surface area contributed by atoms with Crippen molar-refractivity contribution >= 4 is 32.6 Å². The van der Waals surface area contributed by atoms with E-state index in [0.717, 1.165) is 28.2 Å². The van der Waals surface area contributed by atoms with Crippen LogP contribution >= 0.6 is 11.3 Å². The minimum absolute atomic E-state index is 0.107. The van der Waals surface area contributed by atoms with Crippen LogP contribution in [0.25, 0.3) is 10.2 Å². The predicted octanol–water partition coefficient (Wildman–Crippen LogP) is 5.40. The highest BCUT2D eigenvalue weighted by Crippen LogP contribution is 2.28. The normalized spacial score (nSPS) is 15.8. The topological polar surface area (TPSA) is 45.2 Å². The van der Waals surface area contributed by atoms with Gasteiger partial charge in [-0.1, -0.05) is 30.4 Å². The van der Waals surface area contributed by atoms with E-state index in [1.165, 1.54) is 37.1 Å². The van der Waals surface area contributed by atoms with Crippen LogP contribution < -0.4 is 5.32 Å². The van der Waals surface area contributed by atoms with E-state index in [1.54, 1.807) is 11.3 Å². The number of hydrogen-bond acceptors (Lipinski definition) is 4. The quantitative estimate of drug-likeness (QED) is 0.646. The third-order valence-corrected chi connectivity index (χ3v) is 6.66. The molecule has 4 rings (SSSR count). The first-order chi connectivity index (χ1) is 13.5. The van der Waals surface area contributed by atoms with Gasteiger partial charge in [-0.2, -0.15) is 0 Å². The van der Waals surface area contributed by atoms with Crippen LogP contribution in [0.4, 0.5) is 5.13 Å². The molecule has 1 aliphatic rings. The van der Waals surface area contributed by atoms with Crippen LogP contribution in [-0.4, -0.2) is 28.9 Å². The van der Waals surface area contributed by atoms with Gasteiger partial charge in [0.2, 0.25) is 0 Å². The number of aromatic nitrogens is 1. The molecule has 0 saturated carbocycles. The zero-order valence-electron chi connectivity index (χ0n) is 16.8. The van der Waals surface area contributed by atoms with E-state index in [4.69, 9.17) is 0 Å². The van der Waals surface area contributed by atoms with Gasteiger partial charge in [-0.25, -0.2) is 4.98 Å². The number of benzene rings is 2. The van der Waals surface area contributed by atoms with Crippen LogP contribution in [-0.2, 0) is 6.54 Å². The van der Waals surface area contributed by atoms with Gasteiger partial charge in [0, 0.05) is 12.1 Å². The number of nitrogens with one attached hydrogen (secondary N) is 1. The number of thiazole rings is 1. The number of nitrogens with zero attached hydrogens (tertiary/aromatic N) is 2. The maximum atomic E-state index is 12.6. The molecule has 28 heavy (non-hydrogen) atoms. The molecule has 0 bridgehead atoms. The van der Waals surface area contributed by atoms with Gasteiger partial charge < -0.3 is 0 Å². The van der Waals surface area contributed by atoms with Crippen molar-refractivity contribution < 1.29 is 4.79 Å². The molecular formula is C23H27N3OS. The molecule has 2 aromatic carbocycles. The summed E-state index contributed by atoms with van der Waals surface area (Å²) in [7, 11) is 0. The first kappa shape index (κ1) is 19.1. The Kier molecular flexibility index (Phi) is 5.47. The lowest BCUT2D eigenvalue weighted by Gasteiger charge is -2.30. The van der Waals surface area contributed by atoms with E-state index in [0.29, 0.717) is 10.7 Å². The van der Waals surface area contributed by atoms with Gasteiger partial charge >= 0.3 is 0 Å². The smallest absolute Gasteiger partial charge is 0.257 e. The lowest BCUT2D eigenvalue weighted by atomic mass is 9.99. The average Bonchev–Trinajstić information content (AvgIpc) is 3.07. The fourth-order valence-electron chi connectivity index (χ4n) is 3.65. The molecule has 1 aromatic heterocycles. The Balaban J connectivity index is 1.46. The molecule has 4 nitrogen and oxygen atoms in total. The maximum Gasteiger partial charge on any atom is 0.257 e. The number of aryl methyl sites for hydroxylation is 2. The number of piperidine rings is 1. The van der Waals surface area contributed by atoms with Gasteiger partial charge in [-0.05, 0) is 86.7 Å². The highest BCUT2D eigenvalue weighted by molar-refractivity contribution is 7.22. The van der Waals surface area contributed by atoms with Gasteiger partial charge in [-0.3, -0.25) is 15.0 Å². The Hall–Kier alpha value is -2.24. The van der Waals surface area contributed by atoms with Crippen molar-refractivity contribution in [3.8, 4) is 0 Å². The lowest BCUT2D eigenvalue weighted by Crippen LogP contribution is -2.32. The molecule has 0 aliphatic carbocycles. The summed E-state index contributed by atoms with van der Waals surface area (Å²) < 4.78 is 1.12. The summed E-state index contributed by atoms with van der Waals surface area (Å²) in [4.78, 5) is 19.7. The number of fused-ring (bicyclic) bond motifs is 1. The Labute approximate surface area is 170 Å². The molecule has 0 atom stereocenters. The molecule has 5 heteroatoms. The summed E-state index contributed by atoms with van der Waals surface area (Å²) in [6.07, 6.45) is 2.58. The Bertz CT molecular complexity index is 1000. The number of carbonyl (C=O) groups is 1. The number of amides is 1. The van der Waals surface area contributed by atoms with E-state index >= 15 is 0 Å². The molecule has 2 heterocycles. The van der Waals surface area contributed by atoms with Crippen molar-refractivity contribution in [2.24, 2.45) is 5.92 Å². The van der Waals surface area contributed by atoms with Crippen LogP contribution in [0.15, 0.2) is 36.4 Å². The number of hydrogen-bond donors (Lipinski definition) is 1. The van der Waals surface area contributed by atoms with E-state index in [9.17, 15) is 4.79 Å². The van der Waals surface area contributed by atoms with Gasteiger partial charge in [-0.15, -0.1) is 0 Å². The standard InChI is InChI=1S/C23H27N3OS/c1-15-8-10-26(11-9-15)14-18-5-7-20-21(13-18)28-23(24-20)25-22(27)19-6-4-16(2)17(3)12-19/h4-7,12-13,15H,8-11,14H2,1-3H3,(H,24,25,27). The van der Waals surface area contributed by atoms with Crippen LogP contribution in [0.3, 0.4) is 0 Å². The van der Waals surface area contributed by atoms with Crippen molar-refractivity contribution in [3.63, 3.8) is 0 Å². The zero-order chi connectivity index (χ0) is 19.7. The van der Waals surface area contributed by atoms with Gasteiger partial charge in [0.15, 0.2) is 5.13 Å². The second-order valence-corrected chi connectivity index (χ2v) is 9.06. The fraction of sp³-hybridized carbons (Fsp3) is 0.391. The van der Waals surface area contributed by atoms with Gasteiger partial charge in [0.25, 0.3) is 5.91 Å². The molecule has 3 aromatic rings. The average molecular weight is 394 g/mol. The molecule has 0 spiro atoms. The van der Waals surface area contributed by atoms with Gasteiger partial charge in [0.05, 0.1) is 10.2 Å². The van der Waals surface area contributed by atoms with Crippen molar-refractivity contribution in [3.05, 3.63) is 58.7 Å². The summed E-state index contributed by atoms with van der Waals surface area (Å²) in [5.41, 5.74) is 5.23. The molecule has 1 N–H and O–H groups in total. The Morgan fingerprint density at radius 2 is 1.93 bits per heavy atom. The number of anilines is 1. The number of likely N-dealkylation sites (tertiary alicyclic amines) is 1. The first-order valence-corrected chi connectivity index (χ1v) is 10.8. The molecule has 1 fully saturated rings. The SMILES string of the molecule is Cc1ccc(C(=O)Nc2nc3ccc(CN4CCC(C)CC4)cc3s2)cc1C.